The molecular formula is C19H16ClN5O2. The van der Waals surface area contributed by atoms with Gasteiger partial charge in [0.05, 0.1) is 12.2 Å². The van der Waals surface area contributed by atoms with Crippen molar-refractivity contribution in [3.8, 4) is 17.0 Å². The summed E-state index contributed by atoms with van der Waals surface area (Å²) in [6, 6.07) is 10.7. The van der Waals surface area contributed by atoms with Gasteiger partial charge >= 0.3 is 6.03 Å². The van der Waals surface area contributed by atoms with Crippen LogP contribution in [0, 0.1) is 6.92 Å². The van der Waals surface area contributed by atoms with E-state index in [1.54, 1.807) is 23.2 Å². The lowest BCUT2D eigenvalue weighted by Crippen LogP contribution is -2.41. The van der Waals surface area contributed by atoms with Crippen molar-refractivity contribution in [1.82, 2.24) is 15.0 Å². The molecule has 7 nitrogen and oxygen atoms in total. The lowest BCUT2D eigenvalue weighted by Gasteiger charge is -2.29. The highest BCUT2D eigenvalue weighted by Crippen LogP contribution is 2.36. The van der Waals surface area contributed by atoms with Gasteiger partial charge in [0.2, 0.25) is 0 Å². The molecule has 4 rings (SSSR count). The predicted octanol–water partition coefficient (Wildman–Crippen LogP) is 3.93. The zero-order valence-electron chi connectivity index (χ0n) is 14.5. The van der Waals surface area contributed by atoms with E-state index >= 15 is 0 Å². The Balaban J connectivity index is 1.71. The fourth-order valence-electron chi connectivity index (χ4n) is 2.89. The van der Waals surface area contributed by atoms with Gasteiger partial charge in [-0.25, -0.2) is 19.7 Å². The molecule has 3 aromatic rings. The molecule has 0 radical (unpaired) electrons. The van der Waals surface area contributed by atoms with E-state index in [4.69, 9.17) is 16.3 Å². The zero-order valence-corrected chi connectivity index (χ0v) is 15.3. The monoisotopic (exact) mass is 381 g/mol. The van der Waals surface area contributed by atoms with Gasteiger partial charge in [-0.3, -0.25) is 10.2 Å². The van der Waals surface area contributed by atoms with Crippen LogP contribution in [0.3, 0.4) is 0 Å². The van der Waals surface area contributed by atoms with E-state index in [1.807, 2.05) is 31.2 Å². The minimum Gasteiger partial charge on any atom is -0.488 e. The van der Waals surface area contributed by atoms with Crippen molar-refractivity contribution in [1.29, 1.82) is 0 Å². The molecule has 1 aliphatic heterocycles. The number of hydrogen-bond acceptors (Lipinski definition) is 5. The molecule has 0 saturated carbocycles. The smallest absolute Gasteiger partial charge is 0.328 e. The minimum atomic E-state index is -0.326. The van der Waals surface area contributed by atoms with Crippen molar-refractivity contribution in [2.75, 3.05) is 23.4 Å². The quantitative estimate of drug-likeness (QED) is 0.727. The second-order valence-corrected chi connectivity index (χ2v) is 6.45. The first-order valence-corrected chi connectivity index (χ1v) is 8.74. The van der Waals surface area contributed by atoms with Crippen molar-refractivity contribution in [2.45, 2.75) is 6.92 Å². The topological polar surface area (TPSA) is 80.2 Å². The zero-order chi connectivity index (χ0) is 18.8. The van der Waals surface area contributed by atoms with Crippen LogP contribution in [0.15, 0.2) is 48.9 Å². The van der Waals surface area contributed by atoms with Crippen LogP contribution < -0.4 is 15.0 Å². The number of aromatic nitrogens is 3. The van der Waals surface area contributed by atoms with Crippen LogP contribution in [0.5, 0.6) is 5.75 Å². The number of hydrogen-bond donors (Lipinski definition) is 1. The molecule has 0 bridgehead atoms. The molecule has 3 heterocycles. The van der Waals surface area contributed by atoms with Gasteiger partial charge in [-0.2, -0.15) is 0 Å². The molecule has 0 atom stereocenters. The summed E-state index contributed by atoms with van der Waals surface area (Å²) in [5.41, 5.74) is 2.49. The summed E-state index contributed by atoms with van der Waals surface area (Å²) in [4.78, 5) is 26.9. The second kappa shape index (κ2) is 7.20. The number of aryl methyl sites for hydroxylation is 1. The Morgan fingerprint density at radius 1 is 1.30 bits per heavy atom. The van der Waals surface area contributed by atoms with Crippen molar-refractivity contribution in [3.63, 3.8) is 0 Å². The predicted molar refractivity (Wildman–Crippen MR) is 103 cm³/mol. The summed E-state index contributed by atoms with van der Waals surface area (Å²) in [5, 5.41) is 3.38. The average Bonchev–Trinajstić information content (AvgIpc) is 2.68. The molecule has 2 amide bonds. The standard InChI is InChI=1S/C19H16ClN5O2/c1-12-9-15(13-3-2-4-14(20)10-13)23-18-17(12)27-8-7-25(18)19(26)24-16-5-6-21-11-22-16/h2-6,9-11H,7-8H2,1H3,(H,21,22,24,26). The molecule has 0 saturated heterocycles. The highest BCUT2D eigenvalue weighted by molar-refractivity contribution is 6.30. The summed E-state index contributed by atoms with van der Waals surface area (Å²) in [5.74, 6) is 1.50. The maximum Gasteiger partial charge on any atom is 0.328 e. The minimum absolute atomic E-state index is 0.326. The van der Waals surface area contributed by atoms with Gasteiger partial charge in [0, 0.05) is 16.8 Å². The molecule has 0 spiro atoms. The van der Waals surface area contributed by atoms with Crippen LogP contribution in [0.4, 0.5) is 16.4 Å². The number of anilines is 2. The molecule has 0 fully saturated rings. The highest BCUT2D eigenvalue weighted by Gasteiger charge is 2.27. The Morgan fingerprint density at radius 2 is 2.19 bits per heavy atom. The molecule has 1 aromatic carbocycles. The third kappa shape index (κ3) is 3.54. The average molecular weight is 382 g/mol. The number of halogens is 1. The largest absolute Gasteiger partial charge is 0.488 e. The Kier molecular flexibility index (Phi) is 4.60. The van der Waals surface area contributed by atoms with Crippen LogP contribution in [0.25, 0.3) is 11.3 Å². The van der Waals surface area contributed by atoms with E-state index in [-0.39, 0.29) is 6.03 Å². The Labute approximate surface area is 161 Å². The fourth-order valence-corrected chi connectivity index (χ4v) is 3.08. The summed E-state index contributed by atoms with van der Waals surface area (Å²) >= 11 is 6.11. The fraction of sp³-hybridized carbons (Fsp3) is 0.158. The maximum atomic E-state index is 12.8. The molecule has 2 aromatic heterocycles. The van der Waals surface area contributed by atoms with Crippen LogP contribution >= 0.6 is 11.6 Å². The molecule has 1 aliphatic rings. The van der Waals surface area contributed by atoms with Gasteiger partial charge in [-0.1, -0.05) is 23.7 Å². The summed E-state index contributed by atoms with van der Waals surface area (Å²) in [7, 11) is 0. The third-order valence-electron chi connectivity index (χ3n) is 4.14. The first-order chi connectivity index (χ1) is 13.1. The number of benzene rings is 1. The molecule has 27 heavy (non-hydrogen) atoms. The van der Waals surface area contributed by atoms with Crippen molar-refractivity contribution >= 4 is 29.3 Å². The number of nitrogens with one attached hydrogen (secondary N) is 1. The lowest BCUT2D eigenvalue weighted by atomic mass is 10.1. The van der Waals surface area contributed by atoms with Gasteiger partial charge in [0.1, 0.15) is 18.8 Å². The lowest BCUT2D eigenvalue weighted by molar-refractivity contribution is 0.249. The van der Waals surface area contributed by atoms with Crippen LogP contribution in [-0.4, -0.2) is 34.1 Å². The van der Waals surface area contributed by atoms with Crippen molar-refractivity contribution in [3.05, 3.63) is 59.5 Å². The summed E-state index contributed by atoms with van der Waals surface area (Å²) in [6.07, 6.45) is 2.94. The molecule has 136 valence electrons. The highest BCUT2D eigenvalue weighted by atomic mass is 35.5. The van der Waals surface area contributed by atoms with Crippen LogP contribution in [0.2, 0.25) is 5.02 Å². The molecule has 0 unspecified atom stereocenters. The molecular weight excluding hydrogens is 366 g/mol. The van der Waals surface area contributed by atoms with E-state index in [9.17, 15) is 4.79 Å². The number of rotatable bonds is 2. The van der Waals surface area contributed by atoms with Gasteiger partial charge < -0.3 is 4.74 Å². The Bertz CT molecular complexity index is 997. The van der Waals surface area contributed by atoms with E-state index < -0.39 is 0 Å². The van der Waals surface area contributed by atoms with Crippen molar-refractivity contribution < 1.29 is 9.53 Å². The number of amides is 2. The molecule has 8 heteroatoms. The van der Waals surface area contributed by atoms with Gasteiger partial charge in [-0.15, -0.1) is 0 Å². The normalized spacial score (nSPS) is 12.9. The molecule has 1 N–H and O–H groups in total. The van der Waals surface area contributed by atoms with Gasteiger partial charge in [-0.05, 0) is 36.8 Å². The molecule has 0 aliphatic carbocycles. The number of urea groups is 1. The van der Waals surface area contributed by atoms with Crippen LogP contribution in [0.1, 0.15) is 5.56 Å². The number of carbonyl (C=O) groups is 1. The first kappa shape index (κ1) is 17.2. The van der Waals surface area contributed by atoms with Crippen LogP contribution in [-0.2, 0) is 0 Å². The third-order valence-corrected chi connectivity index (χ3v) is 4.38. The van der Waals surface area contributed by atoms with E-state index in [2.05, 4.69) is 20.3 Å². The summed E-state index contributed by atoms with van der Waals surface area (Å²) in [6.45, 7) is 2.71. The number of ether oxygens (including phenoxy) is 1. The van der Waals surface area contributed by atoms with Crippen molar-refractivity contribution in [2.24, 2.45) is 0 Å². The summed E-state index contributed by atoms with van der Waals surface area (Å²) < 4.78 is 5.76. The van der Waals surface area contributed by atoms with E-state index in [1.165, 1.54) is 6.33 Å². The maximum absolute atomic E-state index is 12.8. The number of carbonyl (C=O) groups excluding carboxylic acids is 1. The van der Waals surface area contributed by atoms with E-state index in [0.29, 0.717) is 35.6 Å². The number of nitrogens with zero attached hydrogens (tertiary/aromatic N) is 4. The van der Waals surface area contributed by atoms with E-state index in [0.717, 1.165) is 16.8 Å². The Morgan fingerprint density at radius 3 is 2.96 bits per heavy atom. The SMILES string of the molecule is Cc1cc(-c2cccc(Cl)c2)nc2c1OCCN2C(=O)Nc1ccncn1. The number of fused-ring (bicyclic) bond motifs is 1. The second-order valence-electron chi connectivity index (χ2n) is 6.01. The van der Waals surface area contributed by atoms with Gasteiger partial charge in [0.15, 0.2) is 11.6 Å². The van der Waals surface area contributed by atoms with Gasteiger partial charge in [0.25, 0.3) is 0 Å². The first-order valence-electron chi connectivity index (χ1n) is 8.37. The number of pyridine rings is 1. The Hall–Kier alpha value is -3.19.